The molecule has 0 fully saturated rings. The van der Waals surface area contributed by atoms with Crippen LogP contribution in [0.15, 0.2) is 16.6 Å². The summed E-state index contributed by atoms with van der Waals surface area (Å²) in [5.41, 5.74) is 0.225. The summed E-state index contributed by atoms with van der Waals surface area (Å²) >= 11 is 3.20. The van der Waals surface area contributed by atoms with Crippen molar-refractivity contribution in [1.82, 2.24) is 0 Å². The summed E-state index contributed by atoms with van der Waals surface area (Å²) in [5.74, 6) is 0.434. The molecule has 0 aliphatic heterocycles. The predicted octanol–water partition coefficient (Wildman–Crippen LogP) is 2.03. The van der Waals surface area contributed by atoms with Gasteiger partial charge in [0.05, 0.1) is 17.1 Å². The van der Waals surface area contributed by atoms with Crippen molar-refractivity contribution in [2.45, 2.75) is 0 Å². The number of aromatic hydroxyl groups is 1. The molecule has 1 aromatic carbocycles. The molecule has 0 spiro atoms. The Kier molecular flexibility index (Phi) is 2.56. The second-order valence-electron chi connectivity index (χ2n) is 2.12. The zero-order chi connectivity index (χ0) is 9.14. The van der Waals surface area contributed by atoms with E-state index in [1.54, 1.807) is 0 Å². The van der Waals surface area contributed by atoms with E-state index in [9.17, 15) is 5.11 Å². The number of benzene rings is 1. The number of halogens is 1. The molecule has 1 N–H and O–H groups in total. The van der Waals surface area contributed by atoms with Crippen molar-refractivity contribution in [3.63, 3.8) is 0 Å². The average Bonchev–Trinajstić information content (AvgIpc) is 2.08. The Morgan fingerprint density at radius 1 is 1.58 bits per heavy atom. The Balaban J connectivity index is 3.28. The van der Waals surface area contributed by atoms with Crippen molar-refractivity contribution in [2.24, 2.45) is 0 Å². The highest BCUT2D eigenvalue weighted by Crippen LogP contribution is 2.31. The Labute approximate surface area is 78.3 Å². The molecule has 0 saturated carbocycles. The van der Waals surface area contributed by atoms with Crippen LogP contribution in [-0.4, -0.2) is 12.2 Å². The average molecular weight is 228 g/mol. The minimum Gasteiger partial charge on any atom is -0.506 e. The van der Waals surface area contributed by atoms with Gasteiger partial charge in [-0.05, 0) is 22.0 Å². The first-order valence-corrected chi connectivity index (χ1v) is 3.95. The molecule has 0 aliphatic rings. The molecule has 0 radical (unpaired) electrons. The van der Waals surface area contributed by atoms with Crippen LogP contribution in [0.2, 0.25) is 0 Å². The molecule has 4 heteroatoms. The van der Waals surface area contributed by atoms with E-state index in [0.29, 0.717) is 10.2 Å². The van der Waals surface area contributed by atoms with Crippen LogP contribution in [0.25, 0.3) is 0 Å². The molecule has 0 atom stereocenters. The van der Waals surface area contributed by atoms with Crippen LogP contribution in [0.1, 0.15) is 5.56 Å². The maximum atomic E-state index is 9.22. The number of hydrogen-bond donors (Lipinski definition) is 1. The third-order valence-corrected chi connectivity index (χ3v) is 2.01. The highest BCUT2D eigenvalue weighted by Gasteiger charge is 2.06. The normalized spacial score (nSPS) is 9.08. The van der Waals surface area contributed by atoms with Gasteiger partial charge in [0.1, 0.15) is 17.6 Å². The lowest BCUT2D eigenvalue weighted by molar-refractivity contribution is 0.405. The largest absolute Gasteiger partial charge is 0.506 e. The fraction of sp³-hybridized carbons (Fsp3) is 0.125. The number of methoxy groups -OCH3 is 1. The maximum Gasteiger partial charge on any atom is 0.137 e. The van der Waals surface area contributed by atoms with Gasteiger partial charge < -0.3 is 9.84 Å². The van der Waals surface area contributed by atoms with Crippen LogP contribution in [0, 0.1) is 11.3 Å². The molecule has 3 nitrogen and oxygen atoms in total. The fourth-order valence-electron chi connectivity index (χ4n) is 0.789. The van der Waals surface area contributed by atoms with E-state index in [-0.39, 0.29) is 11.3 Å². The van der Waals surface area contributed by atoms with Crippen LogP contribution < -0.4 is 4.74 Å². The number of nitrogens with zero attached hydrogens (tertiary/aromatic N) is 1. The minimum atomic E-state index is -0.0717. The molecule has 62 valence electrons. The second-order valence-corrected chi connectivity index (χ2v) is 2.97. The third kappa shape index (κ3) is 1.51. The monoisotopic (exact) mass is 227 g/mol. The molecule has 0 heterocycles. The van der Waals surface area contributed by atoms with Gasteiger partial charge in [-0.25, -0.2) is 0 Å². The first-order valence-electron chi connectivity index (χ1n) is 3.15. The number of nitriles is 1. The van der Waals surface area contributed by atoms with Crippen LogP contribution >= 0.6 is 15.9 Å². The Hall–Kier alpha value is -1.21. The highest BCUT2D eigenvalue weighted by molar-refractivity contribution is 9.10. The summed E-state index contributed by atoms with van der Waals surface area (Å²) in [6, 6.07) is 4.75. The second kappa shape index (κ2) is 3.46. The van der Waals surface area contributed by atoms with Crippen molar-refractivity contribution < 1.29 is 9.84 Å². The maximum absolute atomic E-state index is 9.22. The van der Waals surface area contributed by atoms with Gasteiger partial charge in [-0.15, -0.1) is 0 Å². The van der Waals surface area contributed by atoms with E-state index in [0.717, 1.165) is 0 Å². The van der Waals surface area contributed by atoms with Gasteiger partial charge in [0.15, 0.2) is 0 Å². The van der Waals surface area contributed by atoms with Crippen molar-refractivity contribution in [3.8, 4) is 17.6 Å². The number of hydrogen-bond acceptors (Lipinski definition) is 3. The number of rotatable bonds is 1. The predicted molar refractivity (Wildman–Crippen MR) is 47.1 cm³/mol. The Morgan fingerprint density at radius 3 is 2.75 bits per heavy atom. The summed E-state index contributed by atoms with van der Waals surface area (Å²) in [5, 5.41) is 17.8. The fourth-order valence-corrected chi connectivity index (χ4v) is 1.29. The summed E-state index contributed by atoms with van der Waals surface area (Å²) in [6.45, 7) is 0. The van der Waals surface area contributed by atoms with Gasteiger partial charge in [0.2, 0.25) is 0 Å². The molecule has 0 unspecified atom stereocenters. The lowest BCUT2D eigenvalue weighted by atomic mass is 10.2. The first-order chi connectivity index (χ1) is 5.69. The van der Waals surface area contributed by atoms with E-state index in [1.807, 2.05) is 6.07 Å². The zero-order valence-corrected chi connectivity index (χ0v) is 7.92. The van der Waals surface area contributed by atoms with E-state index >= 15 is 0 Å². The van der Waals surface area contributed by atoms with Gasteiger partial charge in [-0.2, -0.15) is 5.26 Å². The summed E-state index contributed by atoms with van der Waals surface area (Å²) in [4.78, 5) is 0. The van der Waals surface area contributed by atoms with E-state index < -0.39 is 0 Å². The molecule has 0 bridgehead atoms. The van der Waals surface area contributed by atoms with Crippen LogP contribution in [-0.2, 0) is 0 Å². The molecule has 0 aromatic heterocycles. The van der Waals surface area contributed by atoms with Crippen LogP contribution in [0.4, 0.5) is 0 Å². The highest BCUT2D eigenvalue weighted by atomic mass is 79.9. The number of phenols is 1. The third-order valence-electron chi connectivity index (χ3n) is 1.39. The summed E-state index contributed by atoms with van der Waals surface area (Å²) in [6.07, 6.45) is 0. The molecule has 0 saturated heterocycles. The quantitative estimate of drug-likeness (QED) is 0.799. The lowest BCUT2D eigenvalue weighted by Crippen LogP contribution is -1.85. The molecule has 12 heavy (non-hydrogen) atoms. The number of phenolic OH excluding ortho intramolecular Hbond substituents is 1. The van der Waals surface area contributed by atoms with Gasteiger partial charge in [-0.1, -0.05) is 0 Å². The molecular weight excluding hydrogens is 222 g/mol. The van der Waals surface area contributed by atoms with Gasteiger partial charge in [-0.3, -0.25) is 0 Å². The first kappa shape index (κ1) is 8.88. The zero-order valence-electron chi connectivity index (χ0n) is 6.34. The van der Waals surface area contributed by atoms with Crippen LogP contribution in [0.3, 0.4) is 0 Å². The number of ether oxygens (including phenoxy) is 1. The van der Waals surface area contributed by atoms with Gasteiger partial charge >= 0.3 is 0 Å². The van der Waals surface area contributed by atoms with Crippen molar-refractivity contribution in [1.29, 1.82) is 5.26 Å². The molecular formula is C8H6BrNO2. The Morgan fingerprint density at radius 2 is 2.25 bits per heavy atom. The molecule has 0 aliphatic carbocycles. The standard InChI is InChI=1S/C8H6BrNO2/c1-12-8-3-7(11)5(4-10)2-6(8)9/h2-3,11H,1H3. The van der Waals surface area contributed by atoms with Crippen molar-refractivity contribution >= 4 is 15.9 Å². The smallest absolute Gasteiger partial charge is 0.137 e. The SMILES string of the molecule is COc1cc(O)c(C#N)cc1Br. The van der Waals surface area contributed by atoms with Gasteiger partial charge in [0.25, 0.3) is 0 Å². The lowest BCUT2D eigenvalue weighted by Gasteiger charge is -2.03. The molecule has 1 rings (SSSR count). The van der Waals surface area contributed by atoms with E-state index in [4.69, 9.17) is 10.00 Å². The summed E-state index contributed by atoms with van der Waals surface area (Å²) in [7, 11) is 1.49. The topological polar surface area (TPSA) is 53.2 Å². The Bertz CT molecular complexity index is 343. The van der Waals surface area contributed by atoms with E-state index in [1.165, 1.54) is 19.2 Å². The minimum absolute atomic E-state index is 0.0717. The molecule has 0 amide bonds. The summed E-state index contributed by atoms with van der Waals surface area (Å²) < 4.78 is 5.56. The molecule has 1 aromatic rings. The van der Waals surface area contributed by atoms with Crippen molar-refractivity contribution in [2.75, 3.05) is 7.11 Å². The van der Waals surface area contributed by atoms with Crippen molar-refractivity contribution in [3.05, 3.63) is 22.2 Å². The van der Waals surface area contributed by atoms with E-state index in [2.05, 4.69) is 15.9 Å². The van der Waals surface area contributed by atoms with Gasteiger partial charge in [0, 0.05) is 6.07 Å². The van der Waals surface area contributed by atoms with Crippen LogP contribution in [0.5, 0.6) is 11.5 Å².